The molecular weight excluding hydrogens is 212 g/mol. The summed E-state index contributed by atoms with van der Waals surface area (Å²) in [7, 11) is 0. The van der Waals surface area contributed by atoms with Crippen molar-refractivity contribution in [3.8, 4) is 11.4 Å². The molecule has 0 aliphatic heterocycles. The van der Waals surface area contributed by atoms with Crippen LogP contribution >= 0.6 is 0 Å². The van der Waals surface area contributed by atoms with E-state index in [0.29, 0.717) is 17.6 Å². The van der Waals surface area contributed by atoms with Crippen molar-refractivity contribution in [2.75, 3.05) is 5.73 Å². The SMILES string of the molecule is CC(C)Cc1ccc(-c2ncccn2)c(N)n1. The van der Waals surface area contributed by atoms with E-state index >= 15 is 0 Å². The summed E-state index contributed by atoms with van der Waals surface area (Å²) in [5.74, 6) is 1.68. The molecule has 0 aliphatic carbocycles. The van der Waals surface area contributed by atoms with Gasteiger partial charge in [0.2, 0.25) is 0 Å². The second-order valence-electron chi connectivity index (χ2n) is 4.41. The molecule has 2 aromatic rings. The average Bonchev–Trinajstić information content (AvgIpc) is 2.29. The van der Waals surface area contributed by atoms with Gasteiger partial charge in [0.1, 0.15) is 5.82 Å². The summed E-state index contributed by atoms with van der Waals surface area (Å²) in [4.78, 5) is 12.7. The smallest absolute Gasteiger partial charge is 0.162 e. The molecule has 2 rings (SSSR count). The summed E-state index contributed by atoms with van der Waals surface area (Å²) >= 11 is 0. The van der Waals surface area contributed by atoms with E-state index in [-0.39, 0.29) is 0 Å². The van der Waals surface area contributed by atoms with Crippen LogP contribution in [-0.2, 0) is 6.42 Å². The maximum Gasteiger partial charge on any atom is 0.162 e. The van der Waals surface area contributed by atoms with Gasteiger partial charge < -0.3 is 5.73 Å². The minimum atomic E-state index is 0.495. The molecule has 2 heterocycles. The summed E-state index contributed by atoms with van der Waals surface area (Å²) < 4.78 is 0. The molecule has 0 saturated carbocycles. The van der Waals surface area contributed by atoms with Crippen LogP contribution in [-0.4, -0.2) is 15.0 Å². The lowest BCUT2D eigenvalue weighted by atomic mass is 10.1. The Labute approximate surface area is 101 Å². The Morgan fingerprint density at radius 3 is 2.47 bits per heavy atom. The highest BCUT2D eigenvalue weighted by molar-refractivity contribution is 5.67. The van der Waals surface area contributed by atoms with Crippen LogP contribution < -0.4 is 5.73 Å². The molecule has 2 N–H and O–H groups in total. The van der Waals surface area contributed by atoms with Crippen LogP contribution in [0.3, 0.4) is 0 Å². The van der Waals surface area contributed by atoms with E-state index in [1.807, 2.05) is 12.1 Å². The fourth-order valence-corrected chi connectivity index (χ4v) is 1.68. The van der Waals surface area contributed by atoms with Gasteiger partial charge in [-0.2, -0.15) is 0 Å². The van der Waals surface area contributed by atoms with E-state index < -0.39 is 0 Å². The van der Waals surface area contributed by atoms with Gasteiger partial charge >= 0.3 is 0 Å². The van der Waals surface area contributed by atoms with Crippen molar-refractivity contribution in [1.82, 2.24) is 15.0 Å². The Morgan fingerprint density at radius 1 is 1.18 bits per heavy atom. The summed E-state index contributed by atoms with van der Waals surface area (Å²) in [6, 6.07) is 5.71. The highest BCUT2D eigenvalue weighted by Crippen LogP contribution is 2.21. The third kappa shape index (κ3) is 2.78. The molecule has 0 atom stereocenters. The molecule has 4 nitrogen and oxygen atoms in total. The highest BCUT2D eigenvalue weighted by Gasteiger charge is 2.08. The molecule has 88 valence electrons. The molecule has 0 spiro atoms. The van der Waals surface area contributed by atoms with Crippen LogP contribution in [0.25, 0.3) is 11.4 Å². The van der Waals surface area contributed by atoms with Crippen molar-refractivity contribution in [3.05, 3.63) is 36.3 Å². The Kier molecular flexibility index (Phi) is 3.32. The first-order chi connectivity index (χ1) is 8.16. The summed E-state index contributed by atoms with van der Waals surface area (Å²) in [5.41, 5.74) is 7.74. The third-order valence-electron chi connectivity index (χ3n) is 2.41. The van der Waals surface area contributed by atoms with E-state index in [4.69, 9.17) is 5.73 Å². The Bertz CT molecular complexity index is 494. The van der Waals surface area contributed by atoms with Gasteiger partial charge in [0.05, 0.1) is 5.56 Å². The van der Waals surface area contributed by atoms with Crippen LogP contribution in [0.15, 0.2) is 30.6 Å². The Balaban J connectivity index is 2.32. The number of rotatable bonds is 3. The van der Waals surface area contributed by atoms with Crippen LogP contribution in [0.1, 0.15) is 19.5 Å². The molecule has 0 radical (unpaired) electrons. The second-order valence-corrected chi connectivity index (χ2v) is 4.41. The Morgan fingerprint density at radius 2 is 1.88 bits per heavy atom. The summed E-state index contributed by atoms with van der Waals surface area (Å²) in [5, 5.41) is 0. The number of anilines is 1. The molecular formula is C13H16N4. The van der Waals surface area contributed by atoms with Crippen molar-refractivity contribution < 1.29 is 0 Å². The van der Waals surface area contributed by atoms with E-state index in [9.17, 15) is 0 Å². The largest absolute Gasteiger partial charge is 0.383 e. The molecule has 2 aromatic heterocycles. The lowest BCUT2D eigenvalue weighted by Crippen LogP contribution is -2.02. The number of hydrogen-bond acceptors (Lipinski definition) is 4. The molecule has 17 heavy (non-hydrogen) atoms. The van der Waals surface area contributed by atoms with E-state index in [2.05, 4.69) is 28.8 Å². The van der Waals surface area contributed by atoms with E-state index in [1.165, 1.54) is 0 Å². The zero-order valence-electron chi connectivity index (χ0n) is 10.1. The zero-order valence-corrected chi connectivity index (χ0v) is 10.1. The van der Waals surface area contributed by atoms with Crippen molar-refractivity contribution >= 4 is 5.82 Å². The fraction of sp³-hybridized carbons (Fsp3) is 0.308. The highest BCUT2D eigenvalue weighted by atomic mass is 14.9. The normalized spacial score (nSPS) is 10.8. The number of hydrogen-bond donors (Lipinski definition) is 1. The predicted octanol–water partition coefficient (Wildman–Crippen LogP) is 2.32. The Hall–Kier alpha value is -1.97. The maximum atomic E-state index is 5.94. The number of nitrogen functional groups attached to an aromatic ring is 1. The van der Waals surface area contributed by atoms with Gasteiger partial charge in [-0.05, 0) is 30.5 Å². The van der Waals surface area contributed by atoms with Gasteiger partial charge in [-0.1, -0.05) is 13.8 Å². The minimum Gasteiger partial charge on any atom is -0.383 e. The molecule has 4 heteroatoms. The molecule has 0 aromatic carbocycles. The first kappa shape index (κ1) is 11.5. The number of nitrogens with zero attached hydrogens (tertiary/aromatic N) is 3. The molecule has 0 fully saturated rings. The van der Waals surface area contributed by atoms with Crippen molar-refractivity contribution in [3.63, 3.8) is 0 Å². The summed E-state index contributed by atoms with van der Waals surface area (Å²) in [6.45, 7) is 4.32. The van der Waals surface area contributed by atoms with Crippen molar-refractivity contribution in [2.45, 2.75) is 20.3 Å². The standard InChI is InChI=1S/C13H16N4/c1-9(2)8-10-4-5-11(12(14)17-10)13-15-6-3-7-16-13/h3-7,9H,8H2,1-2H3,(H2,14,17). The quantitative estimate of drug-likeness (QED) is 0.875. The number of aromatic nitrogens is 3. The van der Waals surface area contributed by atoms with Gasteiger partial charge in [0, 0.05) is 18.1 Å². The first-order valence-corrected chi connectivity index (χ1v) is 5.69. The van der Waals surface area contributed by atoms with Crippen molar-refractivity contribution in [2.24, 2.45) is 5.92 Å². The van der Waals surface area contributed by atoms with Crippen LogP contribution in [0, 0.1) is 5.92 Å². The molecule has 0 aliphatic rings. The first-order valence-electron chi connectivity index (χ1n) is 5.69. The van der Waals surface area contributed by atoms with Gasteiger partial charge in [0.25, 0.3) is 0 Å². The molecule has 0 unspecified atom stereocenters. The topological polar surface area (TPSA) is 64.7 Å². The van der Waals surface area contributed by atoms with Crippen molar-refractivity contribution in [1.29, 1.82) is 0 Å². The average molecular weight is 228 g/mol. The van der Waals surface area contributed by atoms with Crippen LogP contribution in [0.4, 0.5) is 5.82 Å². The number of nitrogens with two attached hydrogens (primary N) is 1. The van der Waals surface area contributed by atoms with Gasteiger partial charge in [-0.3, -0.25) is 0 Å². The lowest BCUT2D eigenvalue weighted by Gasteiger charge is -2.07. The molecule has 0 bridgehead atoms. The third-order valence-corrected chi connectivity index (χ3v) is 2.41. The zero-order chi connectivity index (χ0) is 12.3. The van der Waals surface area contributed by atoms with Crippen LogP contribution in [0.2, 0.25) is 0 Å². The number of pyridine rings is 1. The van der Waals surface area contributed by atoms with E-state index in [1.54, 1.807) is 18.5 Å². The van der Waals surface area contributed by atoms with E-state index in [0.717, 1.165) is 17.7 Å². The fourth-order valence-electron chi connectivity index (χ4n) is 1.68. The monoisotopic (exact) mass is 228 g/mol. The maximum absolute atomic E-state index is 5.94. The minimum absolute atomic E-state index is 0.495. The predicted molar refractivity (Wildman–Crippen MR) is 68.2 cm³/mol. The molecule has 0 saturated heterocycles. The van der Waals surface area contributed by atoms with Gasteiger partial charge in [-0.15, -0.1) is 0 Å². The second kappa shape index (κ2) is 4.91. The van der Waals surface area contributed by atoms with Gasteiger partial charge in [-0.25, -0.2) is 15.0 Å². The molecule has 0 amide bonds. The summed E-state index contributed by atoms with van der Waals surface area (Å²) in [6.07, 6.45) is 4.33. The van der Waals surface area contributed by atoms with Gasteiger partial charge in [0.15, 0.2) is 5.82 Å². The van der Waals surface area contributed by atoms with Crippen LogP contribution in [0.5, 0.6) is 0 Å². The lowest BCUT2D eigenvalue weighted by molar-refractivity contribution is 0.636.